The molecule has 0 spiro atoms. The minimum Gasteiger partial charge on any atom is -0.377 e. The molecule has 0 radical (unpaired) electrons. The number of morpholine rings is 1. The number of Topliss-reactive ketones (excluding diaryl/α,β-unsaturated/α-hetero) is 1. The van der Waals surface area contributed by atoms with Crippen LogP contribution in [0.2, 0.25) is 0 Å². The van der Waals surface area contributed by atoms with Gasteiger partial charge in [-0.15, -0.1) is 0 Å². The second kappa shape index (κ2) is 5.32. The van der Waals surface area contributed by atoms with E-state index in [4.69, 9.17) is 4.74 Å². The van der Waals surface area contributed by atoms with Crippen molar-refractivity contribution in [2.75, 3.05) is 24.7 Å². The average molecular weight is 233 g/mol. The van der Waals surface area contributed by atoms with Crippen molar-refractivity contribution in [3.8, 4) is 0 Å². The summed E-state index contributed by atoms with van der Waals surface area (Å²) in [6.07, 6.45) is 1.08. The van der Waals surface area contributed by atoms with Crippen LogP contribution in [0.1, 0.15) is 30.6 Å². The summed E-state index contributed by atoms with van der Waals surface area (Å²) in [6, 6.07) is 8.32. The number of benzene rings is 1. The Balaban J connectivity index is 2.17. The first kappa shape index (κ1) is 12.1. The van der Waals surface area contributed by atoms with Gasteiger partial charge in [0.15, 0.2) is 5.78 Å². The van der Waals surface area contributed by atoms with Gasteiger partial charge >= 0.3 is 0 Å². The van der Waals surface area contributed by atoms with Crippen LogP contribution < -0.4 is 4.90 Å². The second-order valence-corrected chi connectivity index (χ2v) is 4.43. The van der Waals surface area contributed by atoms with E-state index in [1.54, 1.807) is 6.92 Å². The van der Waals surface area contributed by atoms with Crippen LogP contribution in [0.15, 0.2) is 24.3 Å². The average Bonchev–Trinajstić information content (AvgIpc) is 2.39. The first-order valence-corrected chi connectivity index (χ1v) is 6.17. The molecule has 2 rings (SSSR count). The summed E-state index contributed by atoms with van der Waals surface area (Å²) in [5.41, 5.74) is 1.96. The van der Waals surface area contributed by atoms with E-state index in [0.29, 0.717) is 6.04 Å². The number of carbonyl (C=O) groups excluding carboxylic acids is 1. The number of ether oxygens (including phenoxy) is 1. The van der Waals surface area contributed by atoms with Gasteiger partial charge in [0, 0.05) is 17.8 Å². The van der Waals surface area contributed by atoms with E-state index in [1.807, 2.05) is 24.3 Å². The van der Waals surface area contributed by atoms with Gasteiger partial charge in [0.2, 0.25) is 0 Å². The molecule has 92 valence electrons. The van der Waals surface area contributed by atoms with Crippen molar-refractivity contribution in [3.05, 3.63) is 29.8 Å². The first-order valence-electron chi connectivity index (χ1n) is 6.17. The fraction of sp³-hybridized carbons (Fsp3) is 0.500. The van der Waals surface area contributed by atoms with Gasteiger partial charge in [-0.2, -0.15) is 0 Å². The number of anilines is 1. The molecule has 0 amide bonds. The molecule has 0 aromatic heterocycles. The van der Waals surface area contributed by atoms with E-state index >= 15 is 0 Å². The van der Waals surface area contributed by atoms with E-state index in [1.165, 1.54) is 5.69 Å². The summed E-state index contributed by atoms with van der Waals surface area (Å²) in [5, 5.41) is 0. The molecule has 1 atom stereocenters. The molecule has 3 heteroatoms. The molecule has 0 saturated carbocycles. The monoisotopic (exact) mass is 233 g/mol. The lowest BCUT2D eigenvalue weighted by atomic mass is 10.1. The van der Waals surface area contributed by atoms with Crippen LogP contribution in [-0.2, 0) is 4.74 Å². The normalized spacial score (nSPS) is 20.4. The third kappa shape index (κ3) is 2.67. The summed E-state index contributed by atoms with van der Waals surface area (Å²) in [6.45, 7) is 6.28. The molecule has 1 saturated heterocycles. The molecule has 3 nitrogen and oxygen atoms in total. The second-order valence-electron chi connectivity index (χ2n) is 4.43. The minimum absolute atomic E-state index is 0.116. The Morgan fingerprint density at radius 3 is 2.71 bits per heavy atom. The van der Waals surface area contributed by atoms with Gasteiger partial charge in [0.25, 0.3) is 0 Å². The van der Waals surface area contributed by atoms with Crippen LogP contribution >= 0.6 is 0 Å². The Bertz CT molecular complexity index is 386. The van der Waals surface area contributed by atoms with Crippen molar-refractivity contribution >= 4 is 11.5 Å². The van der Waals surface area contributed by atoms with Gasteiger partial charge in [-0.25, -0.2) is 0 Å². The molecule has 0 bridgehead atoms. The minimum atomic E-state index is 0.116. The Morgan fingerprint density at radius 2 is 2.12 bits per heavy atom. The Labute approximate surface area is 102 Å². The van der Waals surface area contributed by atoms with E-state index in [-0.39, 0.29) is 5.78 Å². The van der Waals surface area contributed by atoms with Crippen molar-refractivity contribution < 1.29 is 9.53 Å². The fourth-order valence-electron chi connectivity index (χ4n) is 2.22. The van der Waals surface area contributed by atoms with Crippen molar-refractivity contribution in [3.63, 3.8) is 0 Å². The molecular weight excluding hydrogens is 214 g/mol. The maximum atomic E-state index is 11.2. The highest BCUT2D eigenvalue weighted by Crippen LogP contribution is 2.21. The predicted molar refractivity (Wildman–Crippen MR) is 68.7 cm³/mol. The maximum absolute atomic E-state index is 11.2. The van der Waals surface area contributed by atoms with E-state index in [2.05, 4.69) is 11.8 Å². The summed E-state index contributed by atoms with van der Waals surface area (Å²) in [5.74, 6) is 0.116. The summed E-state index contributed by atoms with van der Waals surface area (Å²) in [4.78, 5) is 13.6. The zero-order chi connectivity index (χ0) is 12.3. The number of rotatable bonds is 3. The van der Waals surface area contributed by atoms with E-state index < -0.39 is 0 Å². The van der Waals surface area contributed by atoms with Crippen LogP contribution in [0.4, 0.5) is 5.69 Å². The van der Waals surface area contributed by atoms with Crippen LogP contribution in [0, 0.1) is 0 Å². The van der Waals surface area contributed by atoms with Crippen LogP contribution in [0.5, 0.6) is 0 Å². The van der Waals surface area contributed by atoms with Crippen molar-refractivity contribution in [1.29, 1.82) is 0 Å². The van der Waals surface area contributed by atoms with Gasteiger partial charge in [0.05, 0.1) is 19.3 Å². The van der Waals surface area contributed by atoms with Gasteiger partial charge < -0.3 is 9.64 Å². The number of carbonyl (C=O) groups is 1. The van der Waals surface area contributed by atoms with Gasteiger partial charge in [0.1, 0.15) is 0 Å². The van der Waals surface area contributed by atoms with E-state index in [9.17, 15) is 4.79 Å². The smallest absolute Gasteiger partial charge is 0.159 e. The van der Waals surface area contributed by atoms with Crippen LogP contribution in [-0.4, -0.2) is 31.6 Å². The van der Waals surface area contributed by atoms with Crippen LogP contribution in [0.25, 0.3) is 0 Å². The summed E-state index contributed by atoms with van der Waals surface area (Å²) < 4.78 is 5.49. The van der Waals surface area contributed by atoms with Crippen molar-refractivity contribution in [2.24, 2.45) is 0 Å². The summed E-state index contributed by atoms with van der Waals surface area (Å²) in [7, 11) is 0. The molecule has 0 aliphatic carbocycles. The lowest BCUT2D eigenvalue weighted by Gasteiger charge is -2.37. The molecule has 0 N–H and O–H groups in total. The zero-order valence-electron chi connectivity index (χ0n) is 10.5. The molecule has 1 fully saturated rings. The Kier molecular flexibility index (Phi) is 3.79. The molecule has 1 aromatic carbocycles. The largest absolute Gasteiger partial charge is 0.377 e. The first-order chi connectivity index (χ1) is 8.22. The van der Waals surface area contributed by atoms with Gasteiger partial charge in [-0.05, 0) is 37.6 Å². The van der Waals surface area contributed by atoms with E-state index in [0.717, 1.165) is 31.7 Å². The quantitative estimate of drug-likeness (QED) is 0.751. The molecule has 1 aliphatic heterocycles. The Morgan fingerprint density at radius 1 is 1.41 bits per heavy atom. The summed E-state index contributed by atoms with van der Waals surface area (Å²) >= 11 is 0. The Hall–Kier alpha value is -1.35. The van der Waals surface area contributed by atoms with Gasteiger partial charge in [-0.3, -0.25) is 4.79 Å². The number of hydrogen-bond acceptors (Lipinski definition) is 3. The SMILES string of the molecule is CCC1COCCN1c1ccc(C(C)=O)cc1. The zero-order valence-corrected chi connectivity index (χ0v) is 10.5. The fourth-order valence-corrected chi connectivity index (χ4v) is 2.22. The van der Waals surface area contributed by atoms with Crippen LogP contribution in [0.3, 0.4) is 0 Å². The molecule has 1 unspecified atom stereocenters. The molecule has 1 aromatic rings. The standard InChI is InChI=1S/C14H19NO2/c1-3-13-10-17-9-8-15(13)14-6-4-12(5-7-14)11(2)16/h4-7,13H,3,8-10H2,1-2H3. The lowest BCUT2D eigenvalue weighted by molar-refractivity contribution is 0.0929. The van der Waals surface area contributed by atoms with Gasteiger partial charge in [-0.1, -0.05) is 6.92 Å². The number of hydrogen-bond donors (Lipinski definition) is 0. The molecule has 1 aliphatic rings. The lowest BCUT2D eigenvalue weighted by Crippen LogP contribution is -2.45. The van der Waals surface area contributed by atoms with Crippen molar-refractivity contribution in [2.45, 2.75) is 26.3 Å². The third-order valence-corrected chi connectivity index (χ3v) is 3.30. The number of ketones is 1. The highest BCUT2D eigenvalue weighted by Gasteiger charge is 2.21. The molecular formula is C14H19NO2. The molecule has 17 heavy (non-hydrogen) atoms. The topological polar surface area (TPSA) is 29.5 Å². The van der Waals surface area contributed by atoms with Crippen molar-refractivity contribution in [1.82, 2.24) is 0 Å². The highest BCUT2D eigenvalue weighted by molar-refractivity contribution is 5.94. The predicted octanol–water partition coefficient (Wildman–Crippen LogP) is 2.50. The maximum Gasteiger partial charge on any atom is 0.159 e. The number of nitrogens with zero attached hydrogens (tertiary/aromatic N) is 1. The highest BCUT2D eigenvalue weighted by atomic mass is 16.5. The molecule has 1 heterocycles. The third-order valence-electron chi connectivity index (χ3n) is 3.30.